The summed E-state index contributed by atoms with van der Waals surface area (Å²) in [4.78, 5) is 32.5. The number of benzene rings is 4. The van der Waals surface area contributed by atoms with Crippen LogP contribution in [0.15, 0.2) is 78.9 Å². The van der Waals surface area contributed by atoms with E-state index in [-0.39, 0.29) is 11.7 Å². The van der Waals surface area contributed by atoms with Gasteiger partial charge in [-0.3, -0.25) is 0 Å². The topological polar surface area (TPSA) is 125 Å². The van der Waals surface area contributed by atoms with Gasteiger partial charge in [-0.05, 0) is 73.3 Å². The molecule has 1 saturated heterocycles. The third-order valence-electron chi connectivity index (χ3n) is 8.47. The quantitative estimate of drug-likeness (QED) is 0.177. The largest absolute Gasteiger partial charge is 0.478 e. The summed E-state index contributed by atoms with van der Waals surface area (Å²) in [6, 6.07) is 25.7. The van der Waals surface area contributed by atoms with Crippen LogP contribution in [-0.4, -0.2) is 69.1 Å². The van der Waals surface area contributed by atoms with Gasteiger partial charge in [-0.25, -0.2) is 14.8 Å². The summed E-state index contributed by atoms with van der Waals surface area (Å²) < 4.78 is 0. The van der Waals surface area contributed by atoms with Crippen molar-refractivity contribution >= 4 is 45.1 Å². The number of aromatic carboxylic acids is 1. The first-order valence-corrected chi connectivity index (χ1v) is 14.4. The van der Waals surface area contributed by atoms with E-state index >= 15 is 0 Å². The molecule has 5 N–H and O–H groups in total. The number of nitrogens with one attached hydrogen (secondary N) is 4. The van der Waals surface area contributed by atoms with E-state index in [0.717, 1.165) is 82.1 Å². The molecule has 2 aliphatic rings. The molecule has 0 spiro atoms. The van der Waals surface area contributed by atoms with E-state index in [1.165, 1.54) is 5.69 Å². The number of carboxylic acids is 1. The van der Waals surface area contributed by atoms with E-state index in [0.29, 0.717) is 5.82 Å². The van der Waals surface area contributed by atoms with Crippen molar-refractivity contribution in [3.8, 4) is 22.8 Å². The molecular weight excluding hydrogens is 540 g/mol. The van der Waals surface area contributed by atoms with Gasteiger partial charge in [0.05, 0.1) is 39.0 Å². The maximum absolute atomic E-state index is 11.2. The monoisotopic (exact) mass is 570 g/mol. The van der Waals surface area contributed by atoms with Crippen LogP contribution in [0.4, 0.5) is 17.1 Å². The smallest absolute Gasteiger partial charge is 0.335 e. The number of rotatable bonds is 5. The fourth-order valence-electron chi connectivity index (χ4n) is 5.95. The van der Waals surface area contributed by atoms with Crippen molar-refractivity contribution in [2.75, 3.05) is 48.8 Å². The number of anilines is 3. The lowest BCUT2D eigenvalue weighted by Crippen LogP contribution is -2.44. The first-order valence-electron chi connectivity index (χ1n) is 14.4. The molecule has 1 fully saturated rings. The molecule has 0 amide bonds. The third kappa shape index (κ3) is 4.61. The van der Waals surface area contributed by atoms with Crippen LogP contribution >= 0.6 is 0 Å². The molecular formula is C33H30N8O2. The van der Waals surface area contributed by atoms with Crippen LogP contribution < -0.4 is 15.5 Å². The fourth-order valence-corrected chi connectivity index (χ4v) is 5.95. The van der Waals surface area contributed by atoms with E-state index < -0.39 is 5.97 Å². The van der Waals surface area contributed by atoms with Gasteiger partial charge in [0.15, 0.2) is 0 Å². The zero-order chi connectivity index (χ0) is 29.1. The number of aromatic nitrogens is 4. The number of carboxylic acid groups (broad SMARTS) is 1. The number of hydrogen-bond acceptors (Lipinski definition) is 7. The van der Waals surface area contributed by atoms with Gasteiger partial charge >= 0.3 is 5.97 Å². The number of imidazole rings is 2. The van der Waals surface area contributed by atoms with Crippen LogP contribution in [0.3, 0.4) is 0 Å². The molecule has 10 heteroatoms. The summed E-state index contributed by atoms with van der Waals surface area (Å²) in [5.41, 5.74) is 10.2. The standard InChI is InChI=1S/C33H30N8O2/c1-40-12-14-41(15-13-40)23-8-11-26-29(18-23)39-32(36-26)22-7-10-25-28(17-22)38-31(35-25)21-6-9-24-27(16-21)37-30(34-24)19-2-4-20(5-3-19)33(42)43/h2-11,16-18,31,35,38H,12-15H2,1H3,(H,34,37)(H,36,39)(H,42,43). The maximum atomic E-state index is 11.2. The minimum Gasteiger partial charge on any atom is -0.478 e. The van der Waals surface area contributed by atoms with Crippen LogP contribution in [0.5, 0.6) is 0 Å². The summed E-state index contributed by atoms with van der Waals surface area (Å²) >= 11 is 0. The highest BCUT2D eigenvalue weighted by Crippen LogP contribution is 2.38. The number of nitrogens with zero attached hydrogens (tertiary/aromatic N) is 4. The van der Waals surface area contributed by atoms with Crippen LogP contribution in [-0.2, 0) is 0 Å². The Morgan fingerprint density at radius 1 is 0.744 bits per heavy atom. The summed E-state index contributed by atoms with van der Waals surface area (Å²) in [7, 11) is 2.17. The molecule has 0 aliphatic carbocycles. The first-order chi connectivity index (χ1) is 21.0. The Labute approximate surface area is 247 Å². The fraction of sp³-hybridized carbons (Fsp3) is 0.182. The zero-order valence-electron chi connectivity index (χ0n) is 23.6. The molecule has 4 heterocycles. The lowest BCUT2D eigenvalue weighted by molar-refractivity contribution is 0.0697. The predicted molar refractivity (Wildman–Crippen MR) is 170 cm³/mol. The van der Waals surface area contributed by atoms with Crippen molar-refractivity contribution in [3.63, 3.8) is 0 Å². The van der Waals surface area contributed by atoms with Crippen LogP contribution in [0.1, 0.15) is 22.1 Å². The van der Waals surface area contributed by atoms with E-state index in [2.05, 4.69) is 86.0 Å². The number of piperazine rings is 1. The summed E-state index contributed by atoms with van der Waals surface area (Å²) in [5, 5.41) is 16.4. The molecule has 0 saturated carbocycles. The van der Waals surface area contributed by atoms with Gasteiger partial charge in [0.2, 0.25) is 0 Å². The minimum atomic E-state index is -0.946. The summed E-state index contributed by atoms with van der Waals surface area (Å²) in [6.45, 7) is 4.20. The van der Waals surface area contributed by atoms with E-state index in [4.69, 9.17) is 9.97 Å². The molecule has 4 aromatic carbocycles. The normalized spacial score (nSPS) is 16.8. The van der Waals surface area contributed by atoms with Crippen LogP contribution in [0.2, 0.25) is 0 Å². The van der Waals surface area contributed by atoms with Gasteiger partial charge in [0.25, 0.3) is 0 Å². The van der Waals surface area contributed by atoms with E-state index in [9.17, 15) is 9.90 Å². The molecule has 43 heavy (non-hydrogen) atoms. The second-order valence-electron chi connectivity index (χ2n) is 11.3. The van der Waals surface area contributed by atoms with Gasteiger partial charge in [-0.2, -0.15) is 0 Å². The predicted octanol–water partition coefficient (Wildman–Crippen LogP) is 5.76. The van der Waals surface area contributed by atoms with Gasteiger partial charge in [-0.15, -0.1) is 0 Å². The van der Waals surface area contributed by atoms with Gasteiger partial charge in [0.1, 0.15) is 17.8 Å². The third-order valence-corrected chi connectivity index (χ3v) is 8.47. The summed E-state index contributed by atoms with van der Waals surface area (Å²) in [5.74, 6) is 0.602. The Hall–Kier alpha value is -5.35. The Morgan fingerprint density at radius 2 is 1.40 bits per heavy atom. The molecule has 8 rings (SSSR count). The molecule has 1 unspecified atom stereocenters. The Morgan fingerprint density at radius 3 is 2.14 bits per heavy atom. The molecule has 10 nitrogen and oxygen atoms in total. The van der Waals surface area contributed by atoms with Crippen molar-refractivity contribution in [2.24, 2.45) is 0 Å². The Bertz CT molecular complexity index is 2000. The summed E-state index contributed by atoms with van der Waals surface area (Å²) in [6.07, 6.45) is -0.105. The molecule has 1 atom stereocenters. The Kier molecular flexibility index (Phi) is 5.83. The second-order valence-corrected chi connectivity index (χ2v) is 11.3. The molecule has 0 bridgehead atoms. The van der Waals surface area contributed by atoms with Crippen molar-refractivity contribution in [3.05, 3.63) is 90.0 Å². The number of fused-ring (bicyclic) bond motifs is 3. The molecule has 2 aromatic heterocycles. The van der Waals surface area contributed by atoms with Crippen molar-refractivity contribution < 1.29 is 9.90 Å². The molecule has 2 aliphatic heterocycles. The average molecular weight is 571 g/mol. The lowest BCUT2D eigenvalue weighted by atomic mass is 10.1. The highest BCUT2D eigenvalue weighted by molar-refractivity contribution is 5.89. The number of aromatic amines is 2. The van der Waals surface area contributed by atoms with Gasteiger partial charge < -0.3 is 35.5 Å². The minimum absolute atomic E-state index is 0.105. The average Bonchev–Trinajstić information content (AvgIpc) is 3.77. The number of likely N-dealkylation sites (N-methyl/N-ethyl adjacent to an activating group) is 1. The van der Waals surface area contributed by atoms with Gasteiger partial charge in [0, 0.05) is 43.0 Å². The SMILES string of the molecule is CN1CCN(c2ccc3[nH]c(-c4ccc5c(c4)NC(c4ccc6[nH]c(-c7ccc(C(=O)O)cc7)nc6c4)N5)nc3c2)CC1. The molecule has 0 radical (unpaired) electrons. The van der Waals surface area contributed by atoms with E-state index in [1.807, 2.05) is 6.07 Å². The highest BCUT2D eigenvalue weighted by atomic mass is 16.4. The highest BCUT2D eigenvalue weighted by Gasteiger charge is 2.23. The zero-order valence-corrected chi connectivity index (χ0v) is 23.6. The molecule has 214 valence electrons. The van der Waals surface area contributed by atoms with Crippen LogP contribution in [0.25, 0.3) is 44.8 Å². The maximum Gasteiger partial charge on any atom is 0.335 e. The lowest BCUT2D eigenvalue weighted by Gasteiger charge is -2.34. The Balaban J connectivity index is 1.02. The number of carbonyl (C=O) groups is 1. The van der Waals surface area contributed by atoms with Crippen LogP contribution in [0, 0.1) is 0 Å². The van der Waals surface area contributed by atoms with Crippen molar-refractivity contribution in [1.29, 1.82) is 0 Å². The van der Waals surface area contributed by atoms with Gasteiger partial charge in [-0.1, -0.05) is 18.2 Å². The molecule has 6 aromatic rings. The van der Waals surface area contributed by atoms with E-state index in [1.54, 1.807) is 24.3 Å². The van der Waals surface area contributed by atoms with Crippen molar-refractivity contribution in [1.82, 2.24) is 24.8 Å². The number of hydrogen-bond donors (Lipinski definition) is 5. The second kappa shape index (κ2) is 9.88. The number of H-pyrrole nitrogens is 2. The first kappa shape index (κ1) is 25.4. The van der Waals surface area contributed by atoms with Crippen molar-refractivity contribution in [2.45, 2.75) is 6.17 Å².